The number of nitrogens with one attached hydrogen (secondary N) is 1. The lowest BCUT2D eigenvalue weighted by Crippen LogP contribution is -2.48. The Morgan fingerprint density at radius 2 is 1.64 bits per heavy atom. The fourth-order valence-electron chi connectivity index (χ4n) is 6.61. The van der Waals surface area contributed by atoms with Crippen LogP contribution in [-0.2, 0) is 11.3 Å². The molecule has 5 rings (SSSR count). The largest absolute Gasteiger partial charge is 0.445 e. The molecule has 1 N–H and O–H groups in total. The number of carbonyl (C=O) groups excluding carboxylic acids is 2. The Hall–Kier alpha value is -4.50. The minimum Gasteiger partial charge on any atom is -0.445 e. The van der Waals surface area contributed by atoms with E-state index in [0.29, 0.717) is 29.5 Å². The lowest BCUT2D eigenvalue weighted by molar-refractivity contribution is -0.384. The predicted octanol–water partition coefficient (Wildman–Crippen LogP) is 6.18. The number of ether oxygens (including phenoxy) is 1. The molecule has 9 heteroatoms. The van der Waals surface area contributed by atoms with Crippen LogP contribution in [0.5, 0.6) is 0 Å². The van der Waals surface area contributed by atoms with Crippen LogP contribution in [0.3, 0.4) is 0 Å². The molecule has 3 unspecified atom stereocenters. The lowest BCUT2D eigenvalue weighted by Gasteiger charge is -2.39. The minimum atomic E-state index is -0.454. The number of benzene rings is 3. The number of carbonyl (C=O) groups is 2. The summed E-state index contributed by atoms with van der Waals surface area (Å²) in [6.45, 7) is 6.96. The molecule has 1 heterocycles. The highest BCUT2D eigenvalue weighted by atomic mass is 16.6. The predicted molar refractivity (Wildman–Crippen MR) is 169 cm³/mol. The number of amides is 2. The van der Waals surface area contributed by atoms with Crippen LogP contribution in [0.4, 0.5) is 10.5 Å². The molecule has 2 amide bonds. The van der Waals surface area contributed by atoms with Crippen LogP contribution in [0.2, 0.25) is 0 Å². The van der Waals surface area contributed by atoms with Crippen LogP contribution in [0.15, 0.2) is 97.6 Å². The first kappa shape index (κ1) is 30.9. The van der Waals surface area contributed by atoms with Crippen LogP contribution >= 0.6 is 0 Å². The van der Waals surface area contributed by atoms with Gasteiger partial charge in [0.1, 0.15) is 6.61 Å². The smallest absolute Gasteiger partial charge is 0.410 e. The summed E-state index contributed by atoms with van der Waals surface area (Å²) in [6, 6.07) is 26.2. The van der Waals surface area contributed by atoms with Crippen molar-refractivity contribution in [2.45, 2.75) is 50.3 Å². The molecule has 0 aromatic heterocycles. The summed E-state index contributed by atoms with van der Waals surface area (Å²) in [6.07, 6.45) is 4.81. The van der Waals surface area contributed by atoms with E-state index in [0.717, 1.165) is 45.3 Å². The Balaban J connectivity index is 1.16. The Bertz CT molecular complexity index is 1410. The van der Waals surface area contributed by atoms with Crippen molar-refractivity contribution in [3.8, 4) is 0 Å². The zero-order chi connectivity index (χ0) is 30.9. The molecule has 1 saturated heterocycles. The van der Waals surface area contributed by atoms with Gasteiger partial charge in [-0.25, -0.2) is 4.79 Å². The van der Waals surface area contributed by atoms with Gasteiger partial charge in [0.2, 0.25) is 0 Å². The Labute approximate surface area is 258 Å². The fourth-order valence-corrected chi connectivity index (χ4v) is 6.61. The fraction of sp³-hybridized carbons (Fsp3) is 0.371. The molecule has 3 atom stereocenters. The monoisotopic (exact) mass is 596 g/mol. The quantitative estimate of drug-likeness (QED) is 0.161. The van der Waals surface area contributed by atoms with E-state index < -0.39 is 11.0 Å². The van der Waals surface area contributed by atoms with Gasteiger partial charge in [0.15, 0.2) is 0 Å². The highest BCUT2D eigenvalue weighted by molar-refractivity contribution is 5.94. The number of hydrogen-bond donors (Lipinski definition) is 1. The number of rotatable bonds is 11. The lowest BCUT2D eigenvalue weighted by atomic mass is 9.88. The van der Waals surface area contributed by atoms with Gasteiger partial charge in [-0.2, -0.15) is 0 Å². The van der Waals surface area contributed by atoms with Crippen LogP contribution in [0.1, 0.15) is 53.1 Å². The van der Waals surface area contributed by atoms with Gasteiger partial charge in [0.25, 0.3) is 11.6 Å². The molecule has 0 radical (unpaired) electrons. The van der Waals surface area contributed by atoms with E-state index in [1.165, 1.54) is 17.7 Å². The van der Waals surface area contributed by atoms with Crippen molar-refractivity contribution >= 4 is 17.7 Å². The number of non-ortho nitro benzene ring substituents is 1. The number of nitro groups is 1. The maximum absolute atomic E-state index is 13.1. The maximum atomic E-state index is 13.1. The van der Waals surface area contributed by atoms with Gasteiger partial charge in [-0.1, -0.05) is 54.6 Å². The molecular formula is C35H40N4O5. The van der Waals surface area contributed by atoms with Gasteiger partial charge in [-0.3, -0.25) is 14.9 Å². The van der Waals surface area contributed by atoms with Crippen molar-refractivity contribution in [1.82, 2.24) is 15.1 Å². The highest BCUT2D eigenvalue weighted by Crippen LogP contribution is 2.41. The number of hydrogen-bond acceptors (Lipinski definition) is 6. The molecule has 0 spiro atoms. The molecule has 3 aromatic carbocycles. The van der Waals surface area contributed by atoms with Crippen molar-refractivity contribution in [3.63, 3.8) is 0 Å². The van der Waals surface area contributed by atoms with Gasteiger partial charge >= 0.3 is 6.09 Å². The van der Waals surface area contributed by atoms with Gasteiger partial charge in [-0.15, -0.1) is 6.58 Å². The molecule has 1 aliphatic heterocycles. The van der Waals surface area contributed by atoms with Crippen molar-refractivity contribution in [3.05, 3.63) is 124 Å². The van der Waals surface area contributed by atoms with E-state index in [1.54, 1.807) is 23.1 Å². The SMILES string of the molecule is C=CCN(C(=O)OCc1ccc([N+](=O)[O-])cc1)C1CCN(CC2CC(NC(=O)c3ccccc3)CC2c2ccccc2)CC1. The Morgan fingerprint density at radius 3 is 2.27 bits per heavy atom. The summed E-state index contributed by atoms with van der Waals surface area (Å²) < 4.78 is 5.59. The second-order valence-corrected chi connectivity index (χ2v) is 11.7. The van der Waals surface area contributed by atoms with Crippen molar-refractivity contribution < 1.29 is 19.2 Å². The summed E-state index contributed by atoms with van der Waals surface area (Å²) in [5.41, 5.74) is 2.70. The van der Waals surface area contributed by atoms with Gasteiger partial charge in [-0.05, 0) is 72.9 Å². The molecule has 0 bridgehead atoms. The third kappa shape index (κ3) is 7.90. The molecule has 2 aliphatic rings. The molecule has 1 saturated carbocycles. The number of likely N-dealkylation sites (tertiary alicyclic amines) is 1. The first-order valence-electron chi connectivity index (χ1n) is 15.3. The summed E-state index contributed by atoms with van der Waals surface area (Å²) in [7, 11) is 0. The number of nitro benzene ring substituents is 1. The summed E-state index contributed by atoms with van der Waals surface area (Å²) in [4.78, 5) is 40.7. The molecule has 230 valence electrons. The minimum absolute atomic E-state index is 0.000250. The average Bonchev–Trinajstić information content (AvgIpc) is 3.45. The molecule has 44 heavy (non-hydrogen) atoms. The van der Waals surface area contributed by atoms with Crippen LogP contribution in [0, 0.1) is 16.0 Å². The van der Waals surface area contributed by atoms with Crippen molar-refractivity contribution in [1.29, 1.82) is 0 Å². The second kappa shape index (κ2) is 14.8. The average molecular weight is 597 g/mol. The Morgan fingerprint density at radius 1 is 0.977 bits per heavy atom. The van der Waals surface area contributed by atoms with Crippen LogP contribution in [-0.4, -0.2) is 65.0 Å². The second-order valence-electron chi connectivity index (χ2n) is 11.7. The molecular weight excluding hydrogens is 556 g/mol. The third-order valence-electron chi connectivity index (χ3n) is 8.85. The van der Waals surface area contributed by atoms with E-state index in [4.69, 9.17) is 4.74 Å². The maximum Gasteiger partial charge on any atom is 0.410 e. The molecule has 1 aliphatic carbocycles. The third-order valence-corrected chi connectivity index (χ3v) is 8.85. The van der Waals surface area contributed by atoms with E-state index in [-0.39, 0.29) is 30.3 Å². The molecule has 9 nitrogen and oxygen atoms in total. The highest BCUT2D eigenvalue weighted by Gasteiger charge is 2.38. The molecule has 3 aromatic rings. The summed E-state index contributed by atoms with van der Waals surface area (Å²) >= 11 is 0. The standard InChI is InChI=1S/C35H40N4O5/c1-2-19-38(35(41)44-25-26-13-15-32(16-14-26)39(42)43)31-17-20-37(21-18-31)24-29-22-30(23-33(29)27-9-5-3-6-10-27)36-34(40)28-11-7-4-8-12-28/h2-16,29-31,33H,1,17-25H2,(H,36,40). The van der Waals surface area contributed by atoms with Crippen LogP contribution < -0.4 is 5.32 Å². The van der Waals surface area contributed by atoms with E-state index in [1.807, 2.05) is 36.4 Å². The summed E-state index contributed by atoms with van der Waals surface area (Å²) in [5, 5.41) is 14.2. The van der Waals surface area contributed by atoms with E-state index in [9.17, 15) is 19.7 Å². The summed E-state index contributed by atoms with van der Waals surface area (Å²) in [5.74, 6) is 0.749. The zero-order valence-corrected chi connectivity index (χ0v) is 24.9. The first-order valence-corrected chi connectivity index (χ1v) is 15.3. The number of piperidine rings is 1. The topological polar surface area (TPSA) is 105 Å². The van der Waals surface area contributed by atoms with Crippen molar-refractivity contribution in [2.75, 3.05) is 26.2 Å². The van der Waals surface area contributed by atoms with Gasteiger partial charge < -0.3 is 19.9 Å². The first-order chi connectivity index (χ1) is 21.4. The normalized spacial score (nSPS) is 20.5. The van der Waals surface area contributed by atoms with E-state index in [2.05, 4.69) is 41.1 Å². The van der Waals surface area contributed by atoms with Gasteiger partial charge in [0.05, 0.1) is 4.92 Å². The zero-order valence-electron chi connectivity index (χ0n) is 24.9. The molecule has 2 fully saturated rings. The van der Waals surface area contributed by atoms with Crippen LogP contribution in [0.25, 0.3) is 0 Å². The van der Waals surface area contributed by atoms with Gasteiger partial charge in [0, 0.05) is 56.0 Å². The van der Waals surface area contributed by atoms with E-state index >= 15 is 0 Å². The van der Waals surface area contributed by atoms with Crippen molar-refractivity contribution in [2.24, 2.45) is 5.92 Å². The Kier molecular flexibility index (Phi) is 10.4. The number of nitrogens with zero attached hydrogens (tertiary/aromatic N) is 3.